The molecule has 3 rings (SSSR count). The summed E-state index contributed by atoms with van der Waals surface area (Å²) < 4.78 is 1.55. The van der Waals surface area contributed by atoms with Crippen LogP contribution in [0.4, 0.5) is 0 Å². The van der Waals surface area contributed by atoms with E-state index in [0.717, 1.165) is 25.7 Å². The first kappa shape index (κ1) is 18.3. The van der Waals surface area contributed by atoms with Gasteiger partial charge in [0, 0.05) is 25.0 Å². The maximum Gasteiger partial charge on any atom is 0.271 e. The molecule has 1 aliphatic carbocycles. The summed E-state index contributed by atoms with van der Waals surface area (Å²) in [6.07, 6.45) is 10.3. The zero-order chi connectivity index (χ0) is 18.4. The number of halogens is 1. The van der Waals surface area contributed by atoms with Gasteiger partial charge in [-0.2, -0.15) is 5.10 Å². The van der Waals surface area contributed by atoms with Crippen molar-refractivity contribution < 1.29 is 9.59 Å². The van der Waals surface area contributed by atoms with Crippen molar-refractivity contribution in [2.45, 2.75) is 31.7 Å². The summed E-state index contributed by atoms with van der Waals surface area (Å²) >= 11 is 5.52. The number of nitrogens with one attached hydrogen (secondary N) is 2. The second kappa shape index (κ2) is 8.75. The summed E-state index contributed by atoms with van der Waals surface area (Å²) in [7, 11) is 0. The van der Waals surface area contributed by atoms with E-state index in [1.54, 1.807) is 29.3 Å². The second-order valence-electron chi connectivity index (χ2n) is 6.28. The number of hydrogen-bond donors (Lipinski definition) is 2. The van der Waals surface area contributed by atoms with Gasteiger partial charge in [-0.15, -0.1) is 11.6 Å². The standard InChI is InChI=1S/C17H21ClN6O2/c18-8-16(25)20-9-12-4-1-2-5-13(12)23-17(26)14-10-19-11-15(22-14)24-7-3-6-21-24/h3,6-7,10-13H,1-2,4-5,8-9H2,(H,20,25)(H,23,26). The lowest BCUT2D eigenvalue weighted by atomic mass is 9.84. The first-order valence-electron chi connectivity index (χ1n) is 8.63. The number of hydrogen-bond acceptors (Lipinski definition) is 5. The van der Waals surface area contributed by atoms with Crippen molar-refractivity contribution in [3.05, 3.63) is 36.5 Å². The van der Waals surface area contributed by atoms with Crippen molar-refractivity contribution in [3.63, 3.8) is 0 Å². The summed E-state index contributed by atoms with van der Waals surface area (Å²) in [6, 6.07) is 1.76. The van der Waals surface area contributed by atoms with E-state index in [4.69, 9.17) is 11.6 Å². The van der Waals surface area contributed by atoms with E-state index in [2.05, 4.69) is 25.7 Å². The van der Waals surface area contributed by atoms with Crippen LogP contribution < -0.4 is 10.6 Å². The van der Waals surface area contributed by atoms with Crippen LogP contribution in [0.25, 0.3) is 5.82 Å². The van der Waals surface area contributed by atoms with Crippen molar-refractivity contribution in [2.75, 3.05) is 12.4 Å². The quantitative estimate of drug-likeness (QED) is 0.740. The fourth-order valence-electron chi connectivity index (χ4n) is 3.16. The Morgan fingerprint density at radius 1 is 1.27 bits per heavy atom. The molecule has 1 fully saturated rings. The highest BCUT2D eigenvalue weighted by molar-refractivity contribution is 6.27. The van der Waals surface area contributed by atoms with Crippen LogP contribution in [0.2, 0.25) is 0 Å². The molecule has 1 aliphatic rings. The predicted octanol–water partition coefficient (Wildman–Crippen LogP) is 1.31. The lowest BCUT2D eigenvalue weighted by Crippen LogP contribution is -2.46. The Hall–Kier alpha value is -2.48. The summed E-state index contributed by atoms with van der Waals surface area (Å²) in [6.45, 7) is 0.509. The number of rotatable bonds is 6. The lowest BCUT2D eigenvalue weighted by Gasteiger charge is -2.32. The number of alkyl halides is 1. The van der Waals surface area contributed by atoms with Gasteiger partial charge in [-0.3, -0.25) is 14.6 Å². The van der Waals surface area contributed by atoms with Crippen LogP contribution >= 0.6 is 11.6 Å². The third-order valence-corrected chi connectivity index (χ3v) is 4.74. The second-order valence-corrected chi connectivity index (χ2v) is 6.54. The number of carbonyl (C=O) groups excluding carboxylic acids is 2. The Labute approximate surface area is 156 Å². The molecule has 2 aromatic heterocycles. The van der Waals surface area contributed by atoms with Crippen molar-refractivity contribution in [3.8, 4) is 5.82 Å². The number of amides is 2. The molecule has 2 amide bonds. The highest BCUT2D eigenvalue weighted by Gasteiger charge is 2.27. The molecule has 0 aliphatic heterocycles. The average molecular weight is 377 g/mol. The molecular formula is C17H21ClN6O2. The molecule has 8 nitrogen and oxygen atoms in total. The minimum atomic E-state index is -0.271. The van der Waals surface area contributed by atoms with E-state index >= 15 is 0 Å². The van der Waals surface area contributed by atoms with E-state index in [9.17, 15) is 9.59 Å². The van der Waals surface area contributed by atoms with Crippen molar-refractivity contribution in [2.24, 2.45) is 5.92 Å². The molecule has 9 heteroatoms. The molecule has 0 saturated heterocycles. The fraction of sp³-hybridized carbons (Fsp3) is 0.471. The summed E-state index contributed by atoms with van der Waals surface area (Å²) in [5, 5.41) is 9.95. The van der Waals surface area contributed by atoms with Crippen LogP contribution in [0.15, 0.2) is 30.9 Å². The highest BCUT2D eigenvalue weighted by Crippen LogP contribution is 2.24. The number of carbonyl (C=O) groups is 2. The minimum absolute atomic E-state index is 0.0120. The van der Waals surface area contributed by atoms with Crippen molar-refractivity contribution in [1.29, 1.82) is 0 Å². The third kappa shape index (κ3) is 4.57. The van der Waals surface area contributed by atoms with Gasteiger partial charge >= 0.3 is 0 Å². The van der Waals surface area contributed by atoms with Crippen LogP contribution in [0, 0.1) is 5.92 Å². The lowest BCUT2D eigenvalue weighted by molar-refractivity contribution is -0.118. The van der Waals surface area contributed by atoms with Crippen molar-refractivity contribution in [1.82, 2.24) is 30.4 Å². The zero-order valence-electron chi connectivity index (χ0n) is 14.3. The van der Waals surface area contributed by atoms with Gasteiger partial charge in [-0.05, 0) is 24.8 Å². The Morgan fingerprint density at radius 3 is 2.88 bits per heavy atom. The molecule has 2 N–H and O–H groups in total. The van der Waals surface area contributed by atoms with Gasteiger partial charge in [0.2, 0.25) is 5.91 Å². The van der Waals surface area contributed by atoms with E-state index in [1.165, 1.54) is 6.20 Å². The van der Waals surface area contributed by atoms with Gasteiger partial charge in [-0.25, -0.2) is 9.67 Å². The van der Waals surface area contributed by atoms with E-state index < -0.39 is 0 Å². The maximum atomic E-state index is 12.6. The van der Waals surface area contributed by atoms with Crippen LogP contribution in [-0.2, 0) is 4.79 Å². The molecular weight excluding hydrogens is 356 g/mol. The topological polar surface area (TPSA) is 102 Å². The van der Waals surface area contributed by atoms with Crippen LogP contribution in [0.3, 0.4) is 0 Å². The molecule has 0 radical (unpaired) electrons. The number of aromatic nitrogens is 4. The highest BCUT2D eigenvalue weighted by atomic mass is 35.5. The minimum Gasteiger partial charge on any atom is -0.355 e. The predicted molar refractivity (Wildman–Crippen MR) is 96.1 cm³/mol. The van der Waals surface area contributed by atoms with Gasteiger partial charge in [0.25, 0.3) is 5.91 Å². The van der Waals surface area contributed by atoms with Crippen LogP contribution in [0.1, 0.15) is 36.2 Å². The molecule has 2 atom stereocenters. The van der Waals surface area contributed by atoms with E-state index in [-0.39, 0.29) is 35.3 Å². The maximum absolute atomic E-state index is 12.6. The van der Waals surface area contributed by atoms with E-state index in [1.807, 2.05) is 0 Å². The summed E-state index contributed by atoms with van der Waals surface area (Å²) in [5.74, 6) is 0.144. The van der Waals surface area contributed by atoms with Gasteiger partial charge in [0.15, 0.2) is 5.82 Å². The van der Waals surface area contributed by atoms with Crippen LogP contribution in [-0.4, -0.2) is 50.0 Å². The summed E-state index contributed by atoms with van der Waals surface area (Å²) in [5.41, 5.74) is 0.243. The Bertz CT molecular complexity index is 751. The molecule has 0 aromatic carbocycles. The van der Waals surface area contributed by atoms with Gasteiger partial charge in [0.05, 0.1) is 12.4 Å². The molecule has 2 unspecified atom stereocenters. The monoisotopic (exact) mass is 376 g/mol. The Balaban J connectivity index is 1.66. The fourth-order valence-corrected chi connectivity index (χ4v) is 3.25. The third-order valence-electron chi connectivity index (χ3n) is 4.50. The average Bonchev–Trinajstić information content (AvgIpc) is 3.22. The normalized spacial score (nSPS) is 19.7. The first-order valence-corrected chi connectivity index (χ1v) is 9.16. The number of nitrogens with zero attached hydrogens (tertiary/aromatic N) is 4. The molecule has 138 valence electrons. The molecule has 2 aromatic rings. The first-order chi connectivity index (χ1) is 12.7. The van der Waals surface area contributed by atoms with E-state index in [0.29, 0.717) is 12.4 Å². The Kier molecular flexibility index (Phi) is 6.17. The summed E-state index contributed by atoms with van der Waals surface area (Å²) in [4.78, 5) is 32.4. The largest absolute Gasteiger partial charge is 0.355 e. The Morgan fingerprint density at radius 2 is 2.12 bits per heavy atom. The van der Waals surface area contributed by atoms with Crippen LogP contribution in [0.5, 0.6) is 0 Å². The van der Waals surface area contributed by atoms with Crippen molar-refractivity contribution >= 4 is 23.4 Å². The van der Waals surface area contributed by atoms with Gasteiger partial charge < -0.3 is 10.6 Å². The molecule has 0 bridgehead atoms. The van der Waals surface area contributed by atoms with Gasteiger partial charge in [0.1, 0.15) is 11.6 Å². The SMILES string of the molecule is O=C(CCl)NCC1CCCCC1NC(=O)c1cncc(-n2cccn2)n1. The molecule has 1 saturated carbocycles. The molecule has 0 spiro atoms. The molecule has 2 heterocycles. The zero-order valence-corrected chi connectivity index (χ0v) is 15.0. The van der Waals surface area contributed by atoms with Gasteiger partial charge in [-0.1, -0.05) is 12.8 Å². The smallest absolute Gasteiger partial charge is 0.271 e. The molecule has 26 heavy (non-hydrogen) atoms.